The maximum atomic E-state index is 14.1. The molecule has 0 unspecified atom stereocenters. The van der Waals surface area contributed by atoms with Crippen LogP contribution in [0.2, 0.25) is 5.02 Å². The molecule has 0 amide bonds. The average molecular weight is 641 g/mol. The molecule has 5 rings (SSSR count). The van der Waals surface area contributed by atoms with E-state index in [9.17, 15) is 9.59 Å². The number of allylic oxidation sites excluding steroid dienone is 4. The molecule has 1 heterocycles. The number of ketones is 2. The van der Waals surface area contributed by atoms with Gasteiger partial charge in [-0.1, -0.05) is 73.4 Å². The first kappa shape index (κ1) is 30.1. The van der Waals surface area contributed by atoms with Gasteiger partial charge in [-0.25, -0.2) is 0 Å². The molecule has 0 fully saturated rings. The van der Waals surface area contributed by atoms with E-state index in [2.05, 4.69) is 48.5 Å². The second-order valence-corrected chi connectivity index (χ2v) is 14.4. The standard InChI is InChI=1S/C34H39BrClNO4/c1-33(2)16-25-31(27(38)18-33)30(32-26(37(25)13-8-14-40-5)17-34(3,4)19-28(32)39)23-15-22(36)11-12-29(23)41-20-21-9-6-7-10-24(21)35/h6-7,9-12,15,30H,8,13-14,16-20H2,1-5H3. The van der Waals surface area contributed by atoms with E-state index in [1.165, 1.54) is 0 Å². The van der Waals surface area contributed by atoms with Crippen LogP contribution in [0.1, 0.15) is 76.8 Å². The third kappa shape index (κ3) is 6.21. The molecule has 5 nitrogen and oxygen atoms in total. The Kier molecular flexibility index (Phi) is 8.58. The first-order valence-electron chi connectivity index (χ1n) is 14.4. The number of Topliss-reactive ketones (excluding diaryl/α,β-unsaturated/α-hetero) is 2. The number of nitrogens with zero attached hydrogens (tertiary/aromatic N) is 1. The zero-order chi connectivity index (χ0) is 29.5. The van der Waals surface area contributed by atoms with E-state index in [0.717, 1.165) is 57.4 Å². The second kappa shape index (κ2) is 11.7. The summed E-state index contributed by atoms with van der Waals surface area (Å²) < 4.78 is 12.8. The van der Waals surface area contributed by atoms with Crippen molar-refractivity contribution in [2.75, 3.05) is 20.3 Å². The van der Waals surface area contributed by atoms with E-state index in [0.29, 0.717) is 43.4 Å². The van der Waals surface area contributed by atoms with E-state index in [1.807, 2.05) is 42.5 Å². The highest BCUT2D eigenvalue weighted by Gasteiger charge is 2.49. The molecule has 41 heavy (non-hydrogen) atoms. The van der Waals surface area contributed by atoms with Gasteiger partial charge in [0.2, 0.25) is 0 Å². The van der Waals surface area contributed by atoms with Crippen molar-refractivity contribution >= 4 is 39.1 Å². The molecule has 2 aromatic rings. The molecule has 2 aromatic carbocycles. The predicted octanol–water partition coefficient (Wildman–Crippen LogP) is 8.40. The number of carbonyl (C=O) groups excluding carboxylic acids is 2. The molecule has 2 aliphatic carbocycles. The van der Waals surface area contributed by atoms with Crippen molar-refractivity contribution in [3.05, 3.63) is 85.6 Å². The van der Waals surface area contributed by atoms with E-state index in [-0.39, 0.29) is 22.4 Å². The number of methoxy groups -OCH3 is 1. The highest BCUT2D eigenvalue weighted by Crippen LogP contribution is 2.55. The van der Waals surface area contributed by atoms with Crippen molar-refractivity contribution in [2.24, 2.45) is 10.8 Å². The minimum absolute atomic E-state index is 0.0962. The number of rotatable bonds is 8. The van der Waals surface area contributed by atoms with E-state index in [4.69, 9.17) is 21.1 Å². The Morgan fingerprint density at radius 3 is 2.12 bits per heavy atom. The summed E-state index contributed by atoms with van der Waals surface area (Å²) in [4.78, 5) is 30.5. The molecule has 0 radical (unpaired) electrons. The SMILES string of the molecule is COCCCN1C2=C(C(=O)CC(C)(C)C2)C(c2cc(Cl)ccc2OCc2ccccc2Br)C2=C1CC(C)(C)CC2=O. The minimum atomic E-state index is -0.515. The van der Waals surface area contributed by atoms with Crippen LogP contribution >= 0.6 is 27.5 Å². The number of carbonyl (C=O) groups is 2. The third-order valence-corrected chi connectivity index (χ3v) is 9.38. The van der Waals surface area contributed by atoms with Crippen LogP contribution in [-0.4, -0.2) is 36.7 Å². The highest BCUT2D eigenvalue weighted by atomic mass is 79.9. The van der Waals surface area contributed by atoms with Crippen molar-refractivity contribution in [1.29, 1.82) is 0 Å². The fourth-order valence-corrected chi connectivity index (χ4v) is 7.22. The van der Waals surface area contributed by atoms with Gasteiger partial charge in [0.1, 0.15) is 12.4 Å². The van der Waals surface area contributed by atoms with Crippen LogP contribution in [0.3, 0.4) is 0 Å². The summed E-state index contributed by atoms with van der Waals surface area (Å²) in [6.07, 6.45) is 3.19. The van der Waals surface area contributed by atoms with Crippen LogP contribution in [0, 0.1) is 10.8 Å². The summed E-state index contributed by atoms with van der Waals surface area (Å²) in [5.74, 6) is 0.313. The molecule has 7 heteroatoms. The number of halogens is 2. The first-order chi connectivity index (χ1) is 19.4. The second-order valence-electron chi connectivity index (χ2n) is 13.1. The van der Waals surface area contributed by atoms with E-state index < -0.39 is 5.92 Å². The maximum absolute atomic E-state index is 14.1. The lowest BCUT2D eigenvalue weighted by atomic mass is 9.63. The fraction of sp³-hybridized carbons (Fsp3) is 0.471. The molecule has 0 aromatic heterocycles. The normalized spacial score (nSPS) is 20.3. The lowest BCUT2D eigenvalue weighted by Gasteiger charge is -2.49. The van der Waals surface area contributed by atoms with Gasteiger partial charge in [0.15, 0.2) is 11.6 Å². The third-order valence-electron chi connectivity index (χ3n) is 8.38. The first-order valence-corrected chi connectivity index (χ1v) is 15.5. The van der Waals surface area contributed by atoms with Gasteiger partial charge in [-0.05, 0) is 54.4 Å². The van der Waals surface area contributed by atoms with Crippen LogP contribution in [0.25, 0.3) is 0 Å². The summed E-state index contributed by atoms with van der Waals surface area (Å²) in [5, 5.41) is 0.548. The number of hydrogen-bond donors (Lipinski definition) is 0. The van der Waals surface area contributed by atoms with Gasteiger partial charge in [0.25, 0.3) is 0 Å². The topological polar surface area (TPSA) is 55.8 Å². The van der Waals surface area contributed by atoms with Gasteiger partial charge in [-0.15, -0.1) is 0 Å². The lowest BCUT2D eigenvalue weighted by Crippen LogP contribution is -2.44. The number of benzene rings is 2. The van der Waals surface area contributed by atoms with Crippen molar-refractivity contribution in [2.45, 2.75) is 72.3 Å². The molecular formula is C34H39BrClNO4. The zero-order valence-corrected chi connectivity index (χ0v) is 27.0. The minimum Gasteiger partial charge on any atom is -0.489 e. The van der Waals surface area contributed by atoms with E-state index in [1.54, 1.807) is 7.11 Å². The monoisotopic (exact) mass is 639 g/mol. The van der Waals surface area contributed by atoms with Crippen molar-refractivity contribution < 1.29 is 19.1 Å². The molecule has 0 atom stereocenters. The van der Waals surface area contributed by atoms with Gasteiger partial charge >= 0.3 is 0 Å². The number of hydrogen-bond acceptors (Lipinski definition) is 5. The smallest absolute Gasteiger partial charge is 0.162 e. The Morgan fingerprint density at radius 1 is 0.927 bits per heavy atom. The summed E-state index contributed by atoms with van der Waals surface area (Å²) in [6, 6.07) is 13.5. The van der Waals surface area contributed by atoms with Gasteiger partial charge in [0, 0.05) is 82.2 Å². The molecule has 3 aliphatic rings. The lowest BCUT2D eigenvalue weighted by molar-refractivity contribution is -0.119. The van der Waals surface area contributed by atoms with Crippen LogP contribution < -0.4 is 4.74 Å². The fourth-order valence-electron chi connectivity index (χ4n) is 6.64. The Morgan fingerprint density at radius 2 is 1.54 bits per heavy atom. The summed E-state index contributed by atoms with van der Waals surface area (Å²) in [6.45, 7) is 10.3. The molecule has 218 valence electrons. The van der Waals surface area contributed by atoms with Crippen LogP contribution in [-0.2, 0) is 20.9 Å². The van der Waals surface area contributed by atoms with Crippen LogP contribution in [0.5, 0.6) is 5.75 Å². The summed E-state index contributed by atoms with van der Waals surface area (Å²) in [7, 11) is 1.71. The quantitative estimate of drug-likeness (QED) is 0.271. The van der Waals surface area contributed by atoms with Gasteiger partial charge < -0.3 is 14.4 Å². The van der Waals surface area contributed by atoms with Gasteiger partial charge in [0.05, 0.1) is 0 Å². The Labute approximate surface area is 257 Å². The molecule has 0 bridgehead atoms. The Balaban J connectivity index is 1.69. The molecule has 1 aliphatic heterocycles. The van der Waals surface area contributed by atoms with Crippen LogP contribution in [0.4, 0.5) is 0 Å². The van der Waals surface area contributed by atoms with Gasteiger partial charge in [-0.3, -0.25) is 9.59 Å². The van der Waals surface area contributed by atoms with Crippen molar-refractivity contribution in [1.82, 2.24) is 4.90 Å². The average Bonchev–Trinajstić information content (AvgIpc) is 2.88. The zero-order valence-electron chi connectivity index (χ0n) is 24.6. The largest absolute Gasteiger partial charge is 0.489 e. The Hall–Kier alpha value is -2.41. The van der Waals surface area contributed by atoms with Crippen molar-refractivity contribution in [3.8, 4) is 5.75 Å². The Bertz CT molecular complexity index is 1390. The van der Waals surface area contributed by atoms with Crippen LogP contribution in [0.15, 0.2) is 69.5 Å². The molecule has 0 saturated heterocycles. The van der Waals surface area contributed by atoms with Crippen molar-refractivity contribution in [3.63, 3.8) is 0 Å². The predicted molar refractivity (Wildman–Crippen MR) is 166 cm³/mol. The summed E-state index contributed by atoms with van der Waals surface area (Å²) >= 11 is 10.2. The molecule has 0 spiro atoms. The molecule has 0 N–H and O–H groups in total. The van der Waals surface area contributed by atoms with E-state index >= 15 is 0 Å². The summed E-state index contributed by atoms with van der Waals surface area (Å²) in [5.41, 5.74) is 4.94. The van der Waals surface area contributed by atoms with Gasteiger partial charge in [-0.2, -0.15) is 0 Å². The molecular weight excluding hydrogens is 602 g/mol. The molecule has 0 saturated carbocycles. The maximum Gasteiger partial charge on any atom is 0.162 e. The number of ether oxygens (including phenoxy) is 2. The highest BCUT2D eigenvalue weighted by molar-refractivity contribution is 9.10.